The summed E-state index contributed by atoms with van der Waals surface area (Å²) in [6.07, 6.45) is 0. The van der Waals surface area contributed by atoms with Crippen molar-refractivity contribution in [1.82, 2.24) is 15.3 Å². The molecule has 0 unspecified atom stereocenters. The Morgan fingerprint density at radius 2 is 2.29 bits per heavy atom. The fourth-order valence-corrected chi connectivity index (χ4v) is 1.90. The molecule has 1 aromatic carbocycles. The van der Waals surface area contributed by atoms with Crippen LogP contribution in [-0.4, -0.2) is 29.7 Å². The molecular formula is C13H19N3O. The highest BCUT2D eigenvalue weighted by atomic mass is 16.5. The van der Waals surface area contributed by atoms with Gasteiger partial charge < -0.3 is 15.0 Å². The maximum atomic E-state index is 5.09. The van der Waals surface area contributed by atoms with Crippen molar-refractivity contribution in [2.45, 2.75) is 26.4 Å². The van der Waals surface area contributed by atoms with Gasteiger partial charge in [0.25, 0.3) is 0 Å². The summed E-state index contributed by atoms with van der Waals surface area (Å²) in [4.78, 5) is 7.63. The normalized spacial score (nSPS) is 13.1. The van der Waals surface area contributed by atoms with Crippen molar-refractivity contribution in [3.8, 4) is 0 Å². The van der Waals surface area contributed by atoms with E-state index in [4.69, 9.17) is 4.74 Å². The standard InChI is InChI=1S/C13H19N3O/c1-9(8-17-3)14-7-11-4-5-12-13(6-11)16-10(2)15-12/h4-6,9,14H,7-8H2,1-3H3,(H,15,16)/t9-/m0/s1. The average molecular weight is 233 g/mol. The molecule has 0 saturated heterocycles. The van der Waals surface area contributed by atoms with Crippen LogP contribution in [0.25, 0.3) is 11.0 Å². The SMILES string of the molecule is COC[C@H](C)NCc1ccc2nc(C)[nH]c2c1. The van der Waals surface area contributed by atoms with E-state index in [1.54, 1.807) is 7.11 Å². The lowest BCUT2D eigenvalue weighted by Crippen LogP contribution is -2.29. The number of aryl methyl sites for hydroxylation is 1. The van der Waals surface area contributed by atoms with Gasteiger partial charge in [-0.15, -0.1) is 0 Å². The summed E-state index contributed by atoms with van der Waals surface area (Å²) in [5.74, 6) is 0.956. The third kappa shape index (κ3) is 3.05. The number of ether oxygens (including phenoxy) is 1. The van der Waals surface area contributed by atoms with Crippen molar-refractivity contribution in [1.29, 1.82) is 0 Å². The molecule has 92 valence electrons. The summed E-state index contributed by atoms with van der Waals surface area (Å²) >= 11 is 0. The molecule has 0 aliphatic heterocycles. The topological polar surface area (TPSA) is 49.9 Å². The highest BCUT2D eigenvalue weighted by Gasteiger charge is 2.03. The van der Waals surface area contributed by atoms with E-state index in [1.807, 2.05) is 6.92 Å². The van der Waals surface area contributed by atoms with E-state index in [9.17, 15) is 0 Å². The molecule has 1 atom stereocenters. The van der Waals surface area contributed by atoms with E-state index < -0.39 is 0 Å². The number of aromatic amines is 1. The monoisotopic (exact) mass is 233 g/mol. The summed E-state index contributed by atoms with van der Waals surface area (Å²) in [5, 5.41) is 3.41. The van der Waals surface area contributed by atoms with Crippen molar-refractivity contribution < 1.29 is 4.74 Å². The number of imidazole rings is 1. The molecule has 0 amide bonds. The third-order valence-corrected chi connectivity index (χ3v) is 2.74. The van der Waals surface area contributed by atoms with Crippen molar-refractivity contribution in [2.75, 3.05) is 13.7 Å². The van der Waals surface area contributed by atoms with Gasteiger partial charge >= 0.3 is 0 Å². The highest BCUT2D eigenvalue weighted by molar-refractivity contribution is 5.75. The summed E-state index contributed by atoms with van der Waals surface area (Å²) in [6, 6.07) is 6.66. The van der Waals surface area contributed by atoms with Crippen molar-refractivity contribution in [2.24, 2.45) is 0 Å². The van der Waals surface area contributed by atoms with Gasteiger partial charge in [0.05, 0.1) is 17.6 Å². The van der Waals surface area contributed by atoms with Gasteiger partial charge in [-0.1, -0.05) is 6.07 Å². The molecule has 0 spiro atoms. The summed E-state index contributed by atoms with van der Waals surface area (Å²) in [6.45, 7) is 5.66. The van der Waals surface area contributed by atoms with Crippen LogP contribution in [0.4, 0.5) is 0 Å². The minimum Gasteiger partial charge on any atom is -0.383 e. The van der Waals surface area contributed by atoms with E-state index >= 15 is 0 Å². The summed E-state index contributed by atoms with van der Waals surface area (Å²) < 4.78 is 5.09. The predicted octanol–water partition coefficient (Wildman–Crippen LogP) is 2.00. The first kappa shape index (κ1) is 12.1. The van der Waals surface area contributed by atoms with Crippen LogP contribution in [0.1, 0.15) is 18.3 Å². The van der Waals surface area contributed by atoms with Gasteiger partial charge in [0, 0.05) is 19.7 Å². The Bertz CT molecular complexity index is 492. The van der Waals surface area contributed by atoms with E-state index in [-0.39, 0.29) is 0 Å². The number of hydrogen-bond acceptors (Lipinski definition) is 3. The lowest BCUT2D eigenvalue weighted by molar-refractivity contribution is 0.171. The Labute approximate surface area is 101 Å². The number of nitrogens with one attached hydrogen (secondary N) is 2. The van der Waals surface area contributed by atoms with Crippen LogP contribution in [0.15, 0.2) is 18.2 Å². The van der Waals surface area contributed by atoms with Crippen LogP contribution in [0.5, 0.6) is 0 Å². The maximum Gasteiger partial charge on any atom is 0.104 e. The highest BCUT2D eigenvalue weighted by Crippen LogP contribution is 2.13. The summed E-state index contributed by atoms with van der Waals surface area (Å²) in [5.41, 5.74) is 3.38. The Morgan fingerprint density at radius 1 is 1.47 bits per heavy atom. The van der Waals surface area contributed by atoms with Crippen LogP contribution in [0.3, 0.4) is 0 Å². The van der Waals surface area contributed by atoms with Crippen LogP contribution in [-0.2, 0) is 11.3 Å². The second-order valence-electron chi connectivity index (χ2n) is 4.41. The van der Waals surface area contributed by atoms with Crippen molar-refractivity contribution in [3.05, 3.63) is 29.6 Å². The number of H-pyrrole nitrogens is 1. The molecule has 2 aromatic rings. The third-order valence-electron chi connectivity index (χ3n) is 2.74. The number of aromatic nitrogens is 2. The molecule has 4 heteroatoms. The van der Waals surface area contributed by atoms with Crippen LogP contribution in [0, 0.1) is 6.92 Å². The first-order valence-corrected chi connectivity index (χ1v) is 5.86. The molecule has 1 heterocycles. The average Bonchev–Trinajstić information content (AvgIpc) is 2.66. The Balaban J connectivity index is 2.03. The fourth-order valence-electron chi connectivity index (χ4n) is 1.90. The molecule has 0 fully saturated rings. The van der Waals surface area contributed by atoms with E-state index in [0.717, 1.165) is 30.0 Å². The van der Waals surface area contributed by atoms with Crippen molar-refractivity contribution >= 4 is 11.0 Å². The maximum absolute atomic E-state index is 5.09. The van der Waals surface area contributed by atoms with E-state index in [0.29, 0.717) is 6.04 Å². The lowest BCUT2D eigenvalue weighted by Gasteiger charge is -2.12. The quantitative estimate of drug-likeness (QED) is 0.830. The smallest absolute Gasteiger partial charge is 0.104 e. The Kier molecular flexibility index (Phi) is 3.76. The number of nitrogens with zero attached hydrogens (tertiary/aromatic N) is 1. The molecule has 0 aliphatic carbocycles. The molecule has 0 bridgehead atoms. The van der Waals surface area contributed by atoms with Gasteiger partial charge in [0.2, 0.25) is 0 Å². The van der Waals surface area contributed by atoms with Gasteiger partial charge in [-0.05, 0) is 31.5 Å². The predicted molar refractivity (Wildman–Crippen MR) is 69.0 cm³/mol. The van der Waals surface area contributed by atoms with Gasteiger partial charge in [-0.25, -0.2) is 4.98 Å². The van der Waals surface area contributed by atoms with Crippen LogP contribution in [0.2, 0.25) is 0 Å². The summed E-state index contributed by atoms with van der Waals surface area (Å²) in [7, 11) is 1.72. The van der Waals surface area contributed by atoms with Crippen molar-refractivity contribution in [3.63, 3.8) is 0 Å². The molecule has 4 nitrogen and oxygen atoms in total. The second kappa shape index (κ2) is 5.29. The zero-order valence-corrected chi connectivity index (χ0v) is 10.6. The van der Waals surface area contributed by atoms with Crippen LogP contribution < -0.4 is 5.32 Å². The number of benzene rings is 1. The van der Waals surface area contributed by atoms with Gasteiger partial charge in [0.1, 0.15) is 5.82 Å². The molecular weight excluding hydrogens is 214 g/mol. The zero-order chi connectivity index (χ0) is 12.3. The van der Waals surface area contributed by atoms with Gasteiger partial charge in [-0.2, -0.15) is 0 Å². The minimum atomic E-state index is 0.360. The van der Waals surface area contributed by atoms with Gasteiger partial charge in [-0.3, -0.25) is 0 Å². The zero-order valence-electron chi connectivity index (χ0n) is 10.6. The Morgan fingerprint density at radius 3 is 3.06 bits per heavy atom. The molecule has 2 N–H and O–H groups in total. The molecule has 0 aliphatic rings. The number of rotatable bonds is 5. The molecule has 0 radical (unpaired) electrons. The molecule has 2 rings (SSSR count). The van der Waals surface area contributed by atoms with Gasteiger partial charge in [0.15, 0.2) is 0 Å². The number of methoxy groups -OCH3 is 1. The van der Waals surface area contributed by atoms with E-state index in [1.165, 1.54) is 5.56 Å². The second-order valence-corrected chi connectivity index (χ2v) is 4.41. The van der Waals surface area contributed by atoms with Crippen LogP contribution >= 0.6 is 0 Å². The van der Waals surface area contributed by atoms with E-state index in [2.05, 4.69) is 40.4 Å². The minimum absolute atomic E-state index is 0.360. The number of hydrogen-bond donors (Lipinski definition) is 2. The first-order valence-electron chi connectivity index (χ1n) is 5.86. The number of fused-ring (bicyclic) bond motifs is 1. The Hall–Kier alpha value is -1.39. The molecule has 1 aromatic heterocycles. The fraction of sp³-hybridized carbons (Fsp3) is 0.462. The molecule has 17 heavy (non-hydrogen) atoms. The largest absolute Gasteiger partial charge is 0.383 e. The first-order chi connectivity index (χ1) is 8.19. The lowest BCUT2D eigenvalue weighted by atomic mass is 10.2. The molecule has 0 saturated carbocycles.